The van der Waals surface area contributed by atoms with Crippen molar-refractivity contribution < 1.29 is 22.7 Å². The summed E-state index contributed by atoms with van der Waals surface area (Å²) in [6.45, 7) is 1.35. The van der Waals surface area contributed by atoms with Gasteiger partial charge in [-0.2, -0.15) is 0 Å². The topological polar surface area (TPSA) is 93.7 Å². The molecule has 0 spiro atoms. The minimum atomic E-state index is -3.84. The number of hydrogen-bond acceptors (Lipinski definition) is 5. The van der Waals surface area contributed by atoms with Crippen molar-refractivity contribution in [3.8, 4) is 5.75 Å². The van der Waals surface area contributed by atoms with E-state index in [0.29, 0.717) is 19.6 Å². The van der Waals surface area contributed by atoms with Crippen LogP contribution in [-0.4, -0.2) is 47.2 Å². The number of ether oxygens (including phenoxy) is 2. The Kier molecular flexibility index (Phi) is 7.24. The normalized spacial score (nSPS) is 16.5. The smallest absolute Gasteiger partial charge is 0.251 e. The van der Waals surface area contributed by atoms with E-state index >= 15 is 0 Å². The van der Waals surface area contributed by atoms with Gasteiger partial charge < -0.3 is 14.8 Å². The van der Waals surface area contributed by atoms with Crippen LogP contribution in [0.25, 0.3) is 0 Å². The maximum Gasteiger partial charge on any atom is 0.251 e. The van der Waals surface area contributed by atoms with E-state index < -0.39 is 10.0 Å². The van der Waals surface area contributed by atoms with E-state index in [-0.39, 0.29) is 34.8 Å². The Morgan fingerprint density at radius 2 is 2.00 bits per heavy atom. The molecule has 1 atom stereocenters. The number of hydrogen-bond donors (Lipinski definition) is 2. The molecule has 1 saturated heterocycles. The van der Waals surface area contributed by atoms with Crippen LogP contribution in [0.15, 0.2) is 53.4 Å². The first-order chi connectivity index (χ1) is 14.0. The molecule has 8 heteroatoms. The summed E-state index contributed by atoms with van der Waals surface area (Å²) in [5.41, 5.74) is 1.29. The number of carbonyl (C=O) groups excluding carboxylic acids is 1. The van der Waals surface area contributed by atoms with Crippen molar-refractivity contribution in [2.45, 2.75) is 30.3 Å². The molecule has 0 saturated carbocycles. The number of amides is 1. The van der Waals surface area contributed by atoms with Gasteiger partial charge in [0.05, 0.1) is 13.2 Å². The molecule has 1 heterocycles. The van der Waals surface area contributed by atoms with Crippen molar-refractivity contribution in [1.82, 2.24) is 10.0 Å². The Hall–Kier alpha value is -2.42. The lowest BCUT2D eigenvalue weighted by Gasteiger charge is -2.14. The molecule has 2 aromatic carbocycles. The number of rotatable bonds is 9. The predicted octanol–water partition coefficient (Wildman–Crippen LogP) is 2.12. The molecular weight excluding hydrogens is 392 g/mol. The highest BCUT2D eigenvalue weighted by molar-refractivity contribution is 7.89. The second-order valence-electron chi connectivity index (χ2n) is 6.84. The fourth-order valence-corrected chi connectivity index (χ4v) is 4.42. The van der Waals surface area contributed by atoms with Crippen LogP contribution in [0.3, 0.4) is 0 Å². The third-order valence-corrected chi connectivity index (χ3v) is 6.26. The fourth-order valence-electron chi connectivity index (χ4n) is 3.19. The van der Waals surface area contributed by atoms with Gasteiger partial charge in [0.2, 0.25) is 10.0 Å². The first kappa shape index (κ1) is 21.3. The van der Waals surface area contributed by atoms with E-state index in [0.717, 1.165) is 18.4 Å². The zero-order chi connectivity index (χ0) is 20.7. The lowest BCUT2D eigenvalue weighted by Crippen LogP contribution is -2.32. The largest absolute Gasteiger partial charge is 0.495 e. The molecule has 1 aliphatic rings. The molecule has 1 amide bonds. The third kappa shape index (κ3) is 5.79. The molecule has 1 unspecified atom stereocenters. The summed E-state index contributed by atoms with van der Waals surface area (Å²) in [6.07, 6.45) is 2.47. The molecule has 1 aliphatic heterocycles. The molecule has 1 fully saturated rings. The molecule has 0 aromatic heterocycles. The Morgan fingerprint density at radius 3 is 2.69 bits per heavy atom. The molecule has 2 N–H and O–H groups in total. The molecule has 29 heavy (non-hydrogen) atoms. The summed E-state index contributed by atoms with van der Waals surface area (Å²) in [5, 5.41) is 2.80. The van der Waals surface area contributed by atoms with Crippen molar-refractivity contribution in [2.24, 2.45) is 0 Å². The Bertz CT molecular complexity index is 925. The maximum atomic E-state index is 12.8. The van der Waals surface area contributed by atoms with Crippen LogP contribution in [0.1, 0.15) is 28.8 Å². The van der Waals surface area contributed by atoms with Gasteiger partial charge in [-0.25, -0.2) is 13.1 Å². The van der Waals surface area contributed by atoms with Crippen LogP contribution in [-0.2, 0) is 21.2 Å². The average Bonchev–Trinajstić information content (AvgIpc) is 3.26. The van der Waals surface area contributed by atoms with Crippen LogP contribution in [0.4, 0.5) is 0 Å². The number of carbonyl (C=O) groups is 1. The second-order valence-corrected chi connectivity index (χ2v) is 8.58. The summed E-state index contributed by atoms with van der Waals surface area (Å²) in [7, 11) is -2.44. The first-order valence-electron chi connectivity index (χ1n) is 9.61. The van der Waals surface area contributed by atoms with Gasteiger partial charge in [-0.05, 0) is 43.0 Å². The Morgan fingerprint density at radius 1 is 1.21 bits per heavy atom. The van der Waals surface area contributed by atoms with Crippen molar-refractivity contribution >= 4 is 15.9 Å². The minimum absolute atomic E-state index is 0.0139. The Labute approximate surface area is 171 Å². The summed E-state index contributed by atoms with van der Waals surface area (Å²) >= 11 is 0. The van der Waals surface area contributed by atoms with Crippen LogP contribution < -0.4 is 14.8 Å². The summed E-state index contributed by atoms with van der Waals surface area (Å²) in [6, 6.07) is 14.0. The first-order valence-corrected chi connectivity index (χ1v) is 11.1. The lowest BCUT2D eigenvalue weighted by molar-refractivity contribution is 0.0857. The molecule has 0 radical (unpaired) electrons. The van der Waals surface area contributed by atoms with Crippen LogP contribution in [0.2, 0.25) is 0 Å². The number of sulfonamides is 1. The fraction of sp³-hybridized carbons (Fsp3) is 0.381. The quantitative estimate of drug-likeness (QED) is 0.651. The van der Waals surface area contributed by atoms with Gasteiger partial charge in [-0.15, -0.1) is 0 Å². The van der Waals surface area contributed by atoms with Crippen molar-refractivity contribution in [3.63, 3.8) is 0 Å². The lowest BCUT2D eigenvalue weighted by atomic mass is 10.2. The van der Waals surface area contributed by atoms with E-state index in [4.69, 9.17) is 9.47 Å². The van der Waals surface area contributed by atoms with E-state index in [1.54, 1.807) is 6.07 Å². The van der Waals surface area contributed by atoms with E-state index in [1.165, 1.54) is 19.2 Å². The number of benzene rings is 2. The van der Waals surface area contributed by atoms with Crippen molar-refractivity contribution in [2.75, 3.05) is 26.8 Å². The standard InChI is InChI=1S/C21H26N2O5S/c1-27-19-10-9-17(21(24)22-15-18-8-5-13-28-18)14-20(19)29(25,26)23-12-11-16-6-3-2-4-7-16/h2-4,6-7,9-10,14,18,23H,5,8,11-13,15H2,1H3,(H,22,24). The highest BCUT2D eigenvalue weighted by Crippen LogP contribution is 2.25. The van der Waals surface area contributed by atoms with Gasteiger partial charge in [0, 0.05) is 25.3 Å². The van der Waals surface area contributed by atoms with Crippen LogP contribution >= 0.6 is 0 Å². The summed E-state index contributed by atoms with van der Waals surface area (Å²) in [4.78, 5) is 12.4. The molecule has 2 aromatic rings. The van der Waals surface area contributed by atoms with E-state index in [9.17, 15) is 13.2 Å². The zero-order valence-electron chi connectivity index (χ0n) is 16.4. The molecular formula is C21H26N2O5S. The van der Waals surface area contributed by atoms with Crippen molar-refractivity contribution in [1.29, 1.82) is 0 Å². The number of methoxy groups -OCH3 is 1. The summed E-state index contributed by atoms with van der Waals surface area (Å²) in [5.74, 6) is -0.156. The monoisotopic (exact) mass is 418 g/mol. The van der Waals surface area contributed by atoms with Gasteiger partial charge in [0.25, 0.3) is 5.91 Å². The molecule has 156 valence electrons. The second kappa shape index (κ2) is 9.87. The third-order valence-electron chi connectivity index (χ3n) is 4.78. The molecule has 3 rings (SSSR count). The van der Waals surface area contributed by atoms with Crippen LogP contribution in [0, 0.1) is 0 Å². The highest BCUT2D eigenvalue weighted by atomic mass is 32.2. The van der Waals surface area contributed by atoms with Gasteiger partial charge in [-0.3, -0.25) is 4.79 Å². The number of nitrogens with one attached hydrogen (secondary N) is 2. The zero-order valence-corrected chi connectivity index (χ0v) is 17.2. The Balaban J connectivity index is 1.68. The van der Waals surface area contributed by atoms with E-state index in [2.05, 4.69) is 10.0 Å². The van der Waals surface area contributed by atoms with E-state index in [1.807, 2.05) is 30.3 Å². The highest BCUT2D eigenvalue weighted by Gasteiger charge is 2.22. The van der Waals surface area contributed by atoms with Gasteiger partial charge in [-0.1, -0.05) is 30.3 Å². The predicted molar refractivity (Wildman–Crippen MR) is 110 cm³/mol. The van der Waals surface area contributed by atoms with Gasteiger partial charge in [0.15, 0.2) is 0 Å². The molecule has 0 aliphatic carbocycles. The van der Waals surface area contributed by atoms with Gasteiger partial charge >= 0.3 is 0 Å². The van der Waals surface area contributed by atoms with Crippen molar-refractivity contribution in [3.05, 3.63) is 59.7 Å². The van der Waals surface area contributed by atoms with Gasteiger partial charge in [0.1, 0.15) is 10.6 Å². The molecule has 7 nitrogen and oxygen atoms in total. The summed E-state index contributed by atoms with van der Waals surface area (Å²) < 4.78 is 38.9. The van der Waals surface area contributed by atoms with Crippen LogP contribution in [0.5, 0.6) is 5.75 Å². The minimum Gasteiger partial charge on any atom is -0.495 e. The average molecular weight is 419 g/mol. The maximum absolute atomic E-state index is 12.8. The molecule has 0 bridgehead atoms. The SMILES string of the molecule is COc1ccc(C(=O)NCC2CCCO2)cc1S(=O)(=O)NCCc1ccccc1.